The summed E-state index contributed by atoms with van der Waals surface area (Å²) in [6.45, 7) is 3.83. The first kappa shape index (κ1) is 16.4. The Bertz CT molecular complexity index is 886. The topological polar surface area (TPSA) is 87.3 Å². The van der Waals surface area contributed by atoms with E-state index in [9.17, 15) is 4.55 Å². The third-order valence-corrected chi connectivity index (χ3v) is 6.47. The molecule has 0 bridgehead atoms. The molecule has 1 aromatic heterocycles. The molecule has 0 spiro atoms. The zero-order valence-electron chi connectivity index (χ0n) is 14.8. The van der Waals surface area contributed by atoms with Crippen molar-refractivity contribution in [2.45, 2.75) is 50.0 Å². The van der Waals surface area contributed by atoms with Crippen LogP contribution in [-0.4, -0.2) is 33.7 Å². The number of ether oxygens (including phenoxy) is 1. The molecule has 2 atom stereocenters. The van der Waals surface area contributed by atoms with Gasteiger partial charge >= 0.3 is 0 Å². The molecule has 1 fully saturated rings. The Kier molecular flexibility index (Phi) is 3.84. The minimum absolute atomic E-state index is 0.489. The predicted molar refractivity (Wildman–Crippen MR) is 101 cm³/mol. The lowest BCUT2D eigenvalue weighted by Gasteiger charge is -2.39. The second kappa shape index (κ2) is 6.11. The normalized spacial score (nSPS) is 21.8. The third kappa shape index (κ3) is 2.49. The van der Waals surface area contributed by atoms with Crippen LogP contribution in [0.3, 0.4) is 0 Å². The maximum Gasteiger partial charge on any atom is 0.226 e. The summed E-state index contributed by atoms with van der Waals surface area (Å²) >= 11 is -1.58. The molecule has 7 heteroatoms. The largest absolute Gasteiger partial charge is 0.593 e. The molecular weight excluding hydrogens is 348 g/mol. The van der Waals surface area contributed by atoms with E-state index in [1.165, 1.54) is 12.0 Å². The zero-order chi connectivity index (χ0) is 17.8. The van der Waals surface area contributed by atoms with Gasteiger partial charge in [-0.25, -0.2) is 9.97 Å². The van der Waals surface area contributed by atoms with Crippen LogP contribution in [0.1, 0.15) is 36.6 Å². The molecule has 136 valence electrons. The van der Waals surface area contributed by atoms with E-state index >= 15 is 0 Å². The van der Waals surface area contributed by atoms with Crippen LogP contribution in [0.25, 0.3) is 11.3 Å². The number of rotatable bonds is 3. The molecule has 1 unspecified atom stereocenters. The maximum absolute atomic E-state index is 12.1. The Hall–Kier alpha value is -1.83. The van der Waals surface area contributed by atoms with E-state index in [1.807, 2.05) is 6.07 Å². The number of nitrogens with zero attached hydrogens (tertiary/aromatic N) is 3. The Morgan fingerprint density at radius 3 is 2.88 bits per heavy atom. The maximum atomic E-state index is 12.1. The van der Waals surface area contributed by atoms with E-state index in [0.29, 0.717) is 23.3 Å². The average Bonchev–Trinajstić information content (AvgIpc) is 3.27. The number of benzene rings is 1. The van der Waals surface area contributed by atoms with Crippen LogP contribution in [0.15, 0.2) is 17.0 Å². The van der Waals surface area contributed by atoms with E-state index in [0.717, 1.165) is 60.7 Å². The molecule has 3 heterocycles. The van der Waals surface area contributed by atoms with Crippen LogP contribution >= 0.6 is 0 Å². The molecule has 0 radical (unpaired) electrons. The average molecular weight is 370 g/mol. The molecule has 2 aromatic rings. The summed E-state index contributed by atoms with van der Waals surface area (Å²) in [4.78, 5) is 12.6. The molecule has 1 saturated heterocycles. The highest BCUT2D eigenvalue weighted by atomic mass is 32.2. The number of aromatic nitrogens is 2. The summed E-state index contributed by atoms with van der Waals surface area (Å²) in [7, 11) is 0. The van der Waals surface area contributed by atoms with Crippen molar-refractivity contribution in [2.24, 2.45) is 5.14 Å². The smallest absolute Gasteiger partial charge is 0.226 e. The highest BCUT2D eigenvalue weighted by Crippen LogP contribution is 2.39. The van der Waals surface area contributed by atoms with E-state index < -0.39 is 11.4 Å². The molecule has 1 aromatic carbocycles. The van der Waals surface area contributed by atoms with Crippen LogP contribution in [0.5, 0.6) is 5.75 Å². The molecule has 2 aliphatic heterocycles. The first-order valence-electron chi connectivity index (χ1n) is 9.24. The number of nitrogens with two attached hydrogens (primary N) is 1. The second-order valence-corrected chi connectivity index (χ2v) is 8.38. The van der Waals surface area contributed by atoms with Crippen molar-refractivity contribution < 1.29 is 9.29 Å². The molecule has 6 nitrogen and oxygen atoms in total. The summed E-state index contributed by atoms with van der Waals surface area (Å²) in [6.07, 6.45) is 5.11. The lowest BCUT2D eigenvalue weighted by molar-refractivity contribution is 0.348. The molecule has 1 aliphatic carbocycles. The minimum atomic E-state index is -1.58. The summed E-state index contributed by atoms with van der Waals surface area (Å²) in [5, 5.41) is 5.72. The van der Waals surface area contributed by atoms with Gasteiger partial charge in [0.05, 0.1) is 23.7 Å². The summed E-state index contributed by atoms with van der Waals surface area (Å²) < 4.78 is 17.7. The highest BCUT2D eigenvalue weighted by Gasteiger charge is 2.31. The minimum Gasteiger partial charge on any atom is -0.593 e. The van der Waals surface area contributed by atoms with Crippen molar-refractivity contribution in [1.29, 1.82) is 0 Å². The standard InChI is InChI=1S/C19H22N4O2S/c1-11-5-7-23(11)19-21-15-4-2-3-14(15)17(22-19)13-9-12-6-8-25-18(12)16(10-13)26(20)24/h9-11H,2-8,20H2,1H3/t11-,26?/m0/s1. The summed E-state index contributed by atoms with van der Waals surface area (Å²) in [5.74, 6) is 1.52. The molecule has 3 aliphatic rings. The molecule has 0 saturated carbocycles. The zero-order valence-corrected chi connectivity index (χ0v) is 15.6. The Balaban J connectivity index is 1.67. The van der Waals surface area contributed by atoms with Gasteiger partial charge in [-0.15, -0.1) is 5.14 Å². The SMILES string of the molecule is C[C@H]1CCN1c1nc2c(c(-c3cc4c(c([S+](N)[O-])c3)OCC4)n1)CCC2. The van der Waals surface area contributed by atoms with Crippen LogP contribution in [0, 0.1) is 0 Å². The predicted octanol–water partition coefficient (Wildman–Crippen LogP) is 2.15. The molecule has 5 rings (SSSR count). The fraction of sp³-hybridized carbons (Fsp3) is 0.474. The van der Waals surface area contributed by atoms with Gasteiger partial charge in [0.1, 0.15) is 0 Å². The number of fused-ring (bicyclic) bond motifs is 2. The molecule has 0 amide bonds. The van der Waals surface area contributed by atoms with Gasteiger partial charge in [0.25, 0.3) is 0 Å². The van der Waals surface area contributed by atoms with Gasteiger partial charge in [-0.3, -0.25) is 0 Å². The summed E-state index contributed by atoms with van der Waals surface area (Å²) in [6, 6.07) is 4.51. The van der Waals surface area contributed by atoms with Crippen molar-refractivity contribution >= 4 is 17.3 Å². The van der Waals surface area contributed by atoms with Crippen molar-refractivity contribution in [3.63, 3.8) is 0 Å². The van der Waals surface area contributed by atoms with Crippen LogP contribution < -0.4 is 14.8 Å². The Morgan fingerprint density at radius 2 is 2.15 bits per heavy atom. The van der Waals surface area contributed by atoms with E-state index in [2.05, 4.69) is 17.9 Å². The van der Waals surface area contributed by atoms with Gasteiger partial charge in [-0.05, 0) is 38.7 Å². The second-order valence-electron chi connectivity index (χ2n) is 7.34. The third-order valence-electron chi connectivity index (χ3n) is 5.74. The van der Waals surface area contributed by atoms with Gasteiger partial charge in [-0.2, -0.15) is 0 Å². The van der Waals surface area contributed by atoms with Crippen LogP contribution in [-0.2, 0) is 30.6 Å². The lowest BCUT2D eigenvalue weighted by Crippen LogP contribution is -2.46. The lowest BCUT2D eigenvalue weighted by atomic mass is 10.0. The number of hydrogen-bond donors (Lipinski definition) is 1. The van der Waals surface area contributed by atoms with Gasteiger partial charge in [0.15, 0.2) is 5.75 Å². The van der Waals surface area contributed by atoms with Crippen molar-refractivity contribution in [3.05, 3.63) is 29.0 Å². The van der Waals surface area contributed by atoms with Crippen molar-refractivity contribution in [3.8, 4) is 17.0 Å². The van der Waals surface area contributed by atoms with Gasteiger partial charge in [0, 0.05) is 47.5 Å². The fourth-order valence-corrected chi connectivity index (χ4v) is 4.77. The van der Waals surface area contributed by atoms with Crippen LogP contribution in [0.2, 0.25) is 0 Å². The number of hydrogen-bond acceptors (Lipinski definition) is 6. The number of anilines is 1. The van der Waals surface area contributed by atoms with Crippen molar-refractivity contribution in [2.75, 3.05) is 18.1 Å². The summed E-state index contributed by atoms with van der Waals surface area (Å²) in [5.41, 5.74) is 5.42. The highest BCUT2D eigenvalue weighted by molar-refractivity contribution is 7.89. The van der Waals surface area contributed by atoms with E-state index in [1.54, 1.807) is 0 Å². The Labute approximate surface area is 156 Å². The van der Waals surface area contributed by atoms with E-state index in [4.69, 9.17) is 19.8 Å². The Morgan fingerprint density at radius 1 is 1.27 bits per heavy atom. The molecule has 2 N–H and O–H groups in total. The van der Waals surface area contributed by atoms with E-state index in [-0.39, 0.29) is 0 Å². The number of aryl methyl sites for hydroxylation is 1. The molecular formula is C19H22N4O2S. The van der Waals surface area contributed by atoms with Gasteiger partial charge in [0.2, 0.25) is 10.8 Å². The molecule has 26 heavy (non-hydrogen) atoms. The van der Waals surface area contributed by atoms with Crippen LogP contribution in [0.4, 0.5) is 5.95 Å². The van der Waals surface area contributed by atoms with Gasteiger partial charge < -0.3 is 14.2 Å². The first-order chi connectivity index (χ1) is 12.6. The first-order valence-corrected chi connectivity index (χ1v) is 10.5. The quantitative estimate of drug-likeness (QED) is 0.833. The fourth-order valence-electron chi connectivity index (χ4n) is 4.16. The van der Waals surface area contributed by atoms with Gasteiger partial charge in [-0.1, -0.05) is 0 Å². The monoisotopic (exact) mass is 370 g/mol. The van der Waals surface area contributed by atoms with Crippen molar-refractivity contribution in [1.82, 2.24) is 9.97 Å².